The smallest absolute Gasteiger partial charge is 0.255 e. The highest BCUT2D eigenvalue weighted by atomic mass is 16.1. The normalized spacial score (nSPS) is 11.2. The second kappa shape index (κ2) is 9.27. The van der Waals surface area contributed by atoms with Crippen molar-refractivity contribution in [3.63, 3.8) is 0 Å². The van der Waals surface area contributed by atoms with Gasteiger partial charge in [0.2, 0.25) is 0 Å². The van der Waals surface area contributed by atoms with Crippen LogP contribution in [0.5, 0.6) is 0 Å². The molecule has 10 heteroatoms. The molecule has 0 aliphatic heterocycles. The summed E-state index contributed by atoms with van der Waals surface area (Å²) < 4.78 is 0. The third kappa shape index (κ3) is 4.15. The van der Waals surface area contributed by atoms with Crippen molar-refractivity contribution in [1.82, 2.24) is 40.1 Å². The van der Waals surface area contributed by atoms with Crippen molar-refractivity contribution >= 4 is 33.7 Å². The standard InChI is InChI=1S/C29H19N9O/c39-29(18-4-2-1-3-5-18)34-21-10-19(12-31-14-21)20-11-22-26(37-38-27(22)33-13-20)28-35-24-16-32-15-23(25(24)36-28)17-6-8-30-9-7-17/h1-16H,(H,34,39)(H,35,36)(H,33,37,38). The quantitative estimate of drug-likeness (QED) is 0.287. The van der Waals surface area contributed by atoms with Crippen LogP contribution < -0.4 is 5.32 Å². The number of nitrogens with zero attached hydrogens (tertiary/aromatic N) is 6. The number of amides is 1. The Balaban J connectivity index is 1.25. The Kier molecular flexibility index (Phi) is 5.33. The number of pyridine rings is 4. The lowest BCUT2D eigenvalue weighted by atomic mass is 10.1. The maximum Gasteiger partial charge on any atom is 0.255 e. The molecule has 1 amide bonds. The summed E-state index contributed by atoms with van der Waals surface area (Å²) in [5.74, 6) is 0.419. The highest BCUT2D eigenvalue weighted by Crippen LogP contribution is 2.32. The minimum atomic E-state index is -0.203. The molecule has 0 spiro atoms. The molecule has 6 heterocycles. The second-order valence-corrected chi connectivity index (χ2v) is 8.88. The lowest BCUT2D eigenvalue weighted by Crippen LogP contribution is -2.11. The number of rotatable bonds is 5. The maximum absolute atomic E-state index is 12.6. The molecule has 3 N–H and O–H groups in total. The van der Waals surface area contributed by atoms with E-state index in [0.29, 0.717) is 28.4 Å². The molecule has 0 aliphatic rings. The summed E-state index contributed by atoms with van der Waals surface area (Å²) in [6.45, 7) is 0. The molecule has 7 rings (SSSR count). The summed E-state index contributed by atoms with van der Waals surface area (Å²) in [6, 6.07) is 16.7. The van der Waals surface area contributed by atoms with Crippen molar-refractivity contribution in [2.45, 2.75) is 0 Å². The number of aromatic nitrogens is 8. The van der Waals surface area contributed by atoms with Crippen LogP contribution in [-0.4, -0.2) is 46.0 Å². The van der Waals surface area contributed by atoms with E-state index in [1.165, 1.54) is 0 Å². The van der Waals surface area contributed by atoms with Crippen LogP contribution in [0.15, 0.2) is 98.0 Å². The predicted molar refractivity (Wildman–Crippen MR) is 148 cm³/mol. The van der Waals surface area contributed by atoms with Crippen molar-refractivity contribution in [3.05, 3.63) is 104 Å². The number of hydrogen-bond donors (Lipinski definition) is 3. The summed E-state index contributed by atoms with van der Waals surface area (Å²) in [4.78, 5) is 38.2. The minimum Gasteiger partial charge on any atom is -0.335 e. The molecule has 0 saturated heterocycles. The third-order valence-corrected chi connectivity index (χ3v) is 6.40. The van der Waals surface area contributed by atoms with Crippen molar-refractivity contribution in [2.75, 3.05) is 5.32 Å². The topological polar surface area (TPSA) is 138 Å². The summed E-state index contributed by atoms with van der Waals surface area (Å²) in [7, 11) is 0. The molecule has 7 aromatic rings. The van der Waals surface area contributed by atoms with Gasteiger partial charge in [-0.2, -0.15) is 5.10 Å². The summed E-state index contributed by atoms with van der Waals surface area (Å²) in [5, 5.41) is 11.2. The van der Waals surface area contributed by atoms with Gasteiger partial charge in [0.25, 0.3) is 5.91 Å². The van der Waals surface area contributed by atoms with Gasteiger partial charge in [0.15, 0.2) is 11.5 Å². The van der Waals surface area contributed by atoms with Crippen molar-refractivity contribution in [3.8, 4) is 33.8 Å². The van der Waals surface area contributed by atoms with Crippen LogP contribution in [0.3, 0.4) is 0 Å². The minimum absolute atomic E-state index is 0.203. The molecule has 10 nitrogen and oxygen atoms in total. The summed E-state index contributed by atoms with van der Waals surface area (Å²) in [6.07, 6.45) is 12.1. The van der Waals surface area contributed by atoms with Gasteiger partial charge >= 0.3 is 0 Å². The van der Waals surface area contributed by atoms with E-state index in [4.69, 9.17) is 4.98 Å². The number of aromatic amines is 2. The summed E-state index contributed by atoms with van der Waals surface area (Å²) in [5.41, 5.74) is 7.53. The van der Waals surface area contributed by atoms with Crippen molar-refractivity contribution < 1.29 is 4.79 Å². The number of hydrogen-bond acceptors (Lipinski definition) is 7. The monoisotopic (exact) mass is 509 g/mol. The van der Waals surface area contributed by atoms with Gasteiger partial charge in [-0.15, -0.1) is 0 Å². The zero-order valence-corrected chi connectivity index (χ0v) is 20.3. The van der Waals surface area contributed by atoms with E-state index in [0.717, 1.165) is 38.7 Å². The first-order chi connectivity index (χ1) is 19.2. The Morgan fingerprint density at radius 3 is 2.49 bits per heavy atom. The molecule has 0 saturated carbocycles. The number of fused-ring (bicyclic) bond motifs is 2. The number of carbonyl (C=O) groups is 1. The number of H-pyrrole nitrogens is 2. The van der Waals surface area contributed by atoms with Crippen molar-refractivity contribution in [2.24, 2.45) is 0 Å². The average molecular weight is 510 g/mol. The lowest BCUT2D eigenvalue weighted by molar-refractivity contribution is 0.102. The fraction of sp³-hybridized carbons (Fsp3) is 0. The van der Waals surface area contributed by atoms with Gasteiger partial charge in [0.1, 0.15) is 5.69 Å². The van der Waals surface area contributed by atoms with E-state index in [1.807, 2.05) is 42.5 Å². The number of benzene rings is 1. The van der Waals surface area contributed by atoms with Gasteiger partial charge in [-0.3, -0.25) is 24.8 Å². The maximum atomic E-state index is 12.6. The Morgan fingerprint density at radius 2 is 1.62 bits per heavy atom. The molecule has 0 radical (unpaired) electrons. The number of carbonyl (C=O) groups excluding carboxylic acids is 1. The fourth-order valence-electron chi connectivity index (χ4n) is 4.49. The van der Waals surface area contributed by atoms with Gasteiger partial charge in [-0.05, 0) is 42.0 Å². The van der Waals surface area contributed by atoms with Gasteiger partial charge in [-0.25, -0.2) is 9.97 Å². The molecule has 0 atom stereocenters. The van der Waals surface area contributed by atoms with E-state index in [2.05, 4.69) is 40.4 Å². The second-order valence-electron chi connectivity index (χ2n) is 8.88. The third-order valence-electron chi connectivity index (χ3n) is 6.40. The zero-order valence-electron chi connectivity index (χ0n) is 20.3. The molecule has 0 unspecified atom stereocenters. The fourth-order valence-corrected chi connectivity index (χ4v) is 4.49. The average Bonchev–Trinajstić information content (AvgIpc) is 3.62. The summed E-state index contributed by atoms with van der Waals surface area (Å²) >= 11 is 0. The number of anilines is 1. The zero-order chi connectivity index (χ0) is 26.2. The Morgan fingerprint density at radius 1 is 0.795 bits per heavy atom. The Bertz CT molecular complexity index is 1960. The number of imidazole rings is 1. The first-order valence-electron chi connectivity index (χ1n) is 12.1. The number of nitrogens with one attached hydrogen (secondary N) is 3. The van der Waals surface area contributed by atoms with Gasteiger partial charge < -0.3 is 10.3 Å². The van der Waals surface area contributed by atoms with E-state index < -0.39 is 0 Å². The lowest BCUT2D eigenvalue weighted by Gasteiger charge is -2.07. The molecule has 0 fully saturated rings. The molecular weight excluding hydrogens is 490 g/mol. The molecule has 39 heavy (non-hydrogen) atoms. The molecule has 6 aromatic heterocycles. The van der Waals surface area contributed by atoms with Crippen molar-refractivity contribution in [1.29, 1.82) is 0 Å². The van der Waals surface area contributed by atoms with Crippen LogP contribution >= 0.6 is 0 Å². The van der Waals surface area contributed by atoms with E-state index >= 15 is 0 Å². The Labute approximate surface area is 221 Å². The van der Waals surface area contributed by atoms with E-state index in [9.17, 15) is 4.79 Å². The van der Waals surface area contributed by atoms with Gasteiger partial charge in [-0.1, -0.05) is 18.2 Å². The van der Waals surface area contributed by atoms with Gasteiger partial charge in [0, 0.05) is 53.2 Å². The van der Waals surface area contributed by atoms with Crippen LogP contribution in [0.25, 0.3) is 55.8 Å². The SMILES string of the molecule is O=C(Nc1cncc(-c2cnc3n[nH]c(-c4nc5c(-c6ccncc6)cncc5[nH]4)c3c2)c1)c1ccccc1. The first kappa shape index (κ1) is 22.4. The van der Waals surface area contributed by atoms with Crippen LogP contribution in [0.2, 0.25) is 0 Å². The van der Waals surface area contributed by atoms with Crippen LogP contribution in [-0.2, 0) is 0 Å². The largest absolute Gasteiger partial charge is 0.335 e. The molecular formula is C29H19N9O. The van der Waals surface area contributed by atoms with Crippen LogP contribution in [0, 0.1) is 0 Å². The highest BCUT2D eigenvalue weighted by molar-refractivity contribution is 6.04. The molecule has 1 aromatic carbocycles. The van der Waals surface area contributed by atoms with E-state index in [1.54, 1.807) is 55.5 Å². The predicted octanol–water partition coefficient (Wildman–Crippen LogP) is 5.27. The molecule has 186 valence electrons. The molecule has 0 aliphatic carbocycles. The van der Waals surface area contributed by atoms with E-state index in [-0.39, 0.29) is 5.91 Å². The van der Waals surface area contributed by atoms with Gasteiger partial charge in [0.05, 0.1) is 34.5 Å². The Hall–Kier alpha value is -5.77. The van der Waals surface area contributed by atoms with Crippen LogP contribution in [0.4, 0.5) is 5.69 Å². The molecule has 0 bridgehead atoms. The first-order valence-corrected chi connectivity index (χ1v) is 12.1. The highest BCUT2D eigenvalue weighted by Gasteiger charge is 2.17. The van der Waals surface area contributed by atoms with Crippen LogP contribution in [0.1, 0.15) is 10.4 Å².